The highest BCUT2D eigenvalue weighted by Crippen LogP contribution is 2.24. The van der Waals surface area contributed by atoms with Gasteiger partial charge < -0.3 is 9.64 Å². The van der Waals surface area contributed by atoms with Gasteiger partial charge in [0.25, 0.3) is 5.91 Å². The van der Waals surface area contributed by atoms with Crippen LogP contribution in [0.2, 0.25) is 0 Å². The molecule has 0 radical (unpaired) electrons. The van der Waals surface area contributed by atoms with Gasteiger partial charge >= 0.3 is 0 Å². The van der Waals surface area contributed by atoms with Crippen LogP contribution in [0.4, 0.5) is 4.39 Å². The van der Waals surface area contributed by atoms with Crippen LogP contribution in [0.3, 0.4) is 0 Å². The predicted molar refractivity (Wildman–Crippen MR) is 119 cm³/mol. The second-order valence-electron chi connectivity index (χ2n) is 6.71. The first-order valence-electron chi connectivity index (χ1n) is 10.2. The molecule has 1 saturated heterocycles. The first kappa shape index (κ1) is 22.7. The van der Waals surface area contributed by atoms with Gasteiger partial charge in [-0.3, -0.25) is 4.79 Å². The number of nitrogens with zero attached hydrogens (tertiary/aromatic N) is 5. The van der Waals surface area contributed by atoms with Crippen LogP contribution in [0.15, 0.2) is 48.9 Å². The number of aromatic nitrogens is 4. The number of ether oxygens (including phenoxy) is 1. The first-order chi connectivity index (χ1) is 15.1. The minimum absolute atomic E-state index is 0.0498. The molecule has 1 aliphatic heterocycles. The Balaban J connectivity index is 0.00000132. The van der Waals surface area contributed by atoms with Crippen LogP contribution < -0.4 is 4.74 Å². The number of thioether (sulfide) groups is 1. The SMILES string of the molecule is CC.Cc1ccc(-n2nccn2)c(C(=O)N2CCSC(COc3ccc(F)cn3)C2)c1. The highest BCUT2D eigenvalue weighted by Gasteiger charge is 2.27. The van der Waals surface area contributed by atoms with E-state index in [1.807, 2.05) is 43.9 Å². The molecular formula is C22H26FN5O2S. The van der Waals surface area contributed by atoms with Gasteiger partial charge in [-0.2, -0.15) is 26.8 Å². The summed E-state index contributed by atoms with van der Waals surface area (Å²) >= 11 is 1.76. The summed E-state index contributed by atoms with van der Waals surface area (Å²) in [5.74, 6) is 0.742. The lowest BCUT2D eigenvalue weighted by atomic mass is 10.1. The Bertz CT molecular complexity index is 982. The van der Waals surface area contributed by atoms with Crippen LogP contribution in [-0.2, 0) is 0 Å². The molecule has 1 amide bonds. The van der Waals surface area contributed by atoms with E-state index in [2.05, 4.69) is 15.2 Å². The molecule has 2 aromatic heterocycles. The van der Waals surface area contributed by atoms with Crippen LogP contribution in [-0.4, -0.2) is 61.5 Å². The number of halogens is 1. The fourth-order valence-corrected chi connectivity index (χ4v) is 4.25. The van der Waals surface area contributed by atoms with Crippen LogP contribution in [0.5, 0.6) is 5.88 Å². The minimum Gasteiger partial charge on any atom is -0.476 e. The van der Waals surface area contributed by atoms with Crippen LogP contribution in [0.1, 0.15) is 29.8 Å². The quantitative estimate of drug-likeness (QED) is 0.598. The Kier molecular flexibility index (Phi) is 8.00. The summed E-state index contributed by atoms with van der Waals surface area (Å²) in [5, 5.41) is 8.44. The molecule has 4 rings (SSSR count). The third-order valence-electron chi connectivity index (χ3n) is 4.56. The fourth-order valence-electron chi connectivity index (χ4n) is 3.14. The maximum absolute atomic E-state index is 13.3. The molecule has 31 heavy (non-hydrogen) atoms. The van der Waals surface area contributed by atoms with E-state index >= 15 is 0 Å². The summed E-state index contributed by atoms with van der Waals surface area (Å²) in [4.78, 5) is 20.5. The molecule has 164 valence electrons. The van der Waals surface area contributed by atoms with Gasteiger partial charge in [-0.1, -0.05) is 25.5 Å². The highest BCUT2D eigenvalue weighted by molar-refractivity contribution is 8.00. The fraction of sp³-hybridized carbons (Fsp3) is 0.364. The topological polar surface area (TPSA) is 73.1 Å². The van der Waals surface area contributed by atoms with E-state index < -0.39 is 5.82 Å². The molecule has 1 atom stereocenters. The normalized spacial score (nSPS) is 15.7. The third-order valence-corrected chi connectivity index (χ3v) is 5.73. The standard InChI is InChI=1S/C20H20FN5O2S.C2H6/c1-14-2-4-18(26-23-6-7-24-26)17(10-14)20(27)25-8-9-29-16(12-25)13-28-19-5-3-15(21)11-22-19;1-2/h2-7,10-11,16H,8-9,12-13H2,1H3;1-2H3. The maximum Gasteiger partial charge on any atom is 0.256 e. The first-order valence-corrected chi connectivity index (χ1v) is 11.3. The second-order valence-corrected chi connectivity index (χ2v) is 8.12. The molecule has 3 aromatic rings. The summed E-state index contributed by atoms with van der Waals surface area (Å²) in [6.07, 6.45) is 4.30. The number of benzene rings is 1. The van der Waals surface area contributed by atoms with E-state index in [-0.39, 0.29) is 11.2 Å². The number of aryl methyl sites for hydroxylation is 1. The van der Waals surface area contributed by atoms with Crippen LogP contribution >= 0.6 is 11.8 Å². The van der Waals surface area contributed by atoms with Gasteiger partial charge in [0, 0.05) is 24.9 Å². The zero-order valence-electron chi connectivity index (χ0n) is 17.9. The average molecular weight is 444 g/mol. The molecule has 0 spiro atoms. The van der Waals surface area contributed by atoms with Crippen molar-refractivity contribution >= 4 is 17.7 Å². The Hall–Kier alpha value is -2.94. The number of hydrogen-bond donors (Lipinski definition) is 0. The van der Waals surface area contributed by atoms with Crippen molar-refractivity contribution in [2.75, 3.05) is 25.4 Å². The van der Waals surface area contributed by atoms with Crippen molar-refractivity contribution in [3.63, 3.8) is 0 Å². The lowest BCUT2D eigenvalue weighted by Crippen LogP contribution is -2.44. The number of amides is 1. The number of pyridine rings is 1. The lowest BCUT2D eigenvalue weighted by molar-refractivity contribution is 0.0754. The third kappa shape index (κ3) is 5.81. The van der Waals surface area contributed by atoms with Gasteiger partial charge in [0.05, 0.1) is 35.1 Å². The molecule has 1 aliphatic rings. The van der Waals surface area contributed by atoms with Gasteiger partial charge in [-0.25, -0.2) is 9.37 Å². The van der Waals surface area contributed by atoms with Crippen molar-refractivity contribution < 1.29 is 13.9 Å². The highest BCUT2D eigenvalue weighted by atomic mass is 32.2. The van der Waals surface area contributed by atoms with E-state index in [0.29, 0.717) is 36.8 Å². The molecule has 0 bridgehead atoms. The predicted octanol–water partition coefficient (Wildman–Crippen LogP) is 3.77. The molecule has 7 nitrogen and oxygen atoms in total. The molecule has 3 heterocycles. The minimum atomic E-state index is -0.401. The van der Waals surface area contributed by atoms with Crippen molar-refractivity contribution in [3.8, 4) is 11.6 Å². The number of carbonyl (C=O) groups is 1. The van der Waals surface area contributed by atoms with Gasteiger partial charge in [0.2, 0.25) is 5.88 Å². The molecule has 0 aliphatic carbocycles. The summed E-state index contributed by atoms with van der Waals surface area (Å²) in [7, 11) is 0. The van der Waals surface area contributed by atoms with Crippen molar-refractivity contribution in [1.82, 2.24) is 24.9 Å². The largest absolute Gasteiger partial charge is 0.476 e. The molecular weight excluding hydrogens is 417 g/mol. The van der Waals surface area contributed by atoms with Crippen molar-refractivity contribution in [2.24, 2.45) is 0 Å². The van der Waals surface area contributed by atoms with Crippen LogP contribution in [0.25, 0.3) is 5.69 Å². The Morgan fingerprint density at radius 2 is 2.00 bits per heavy atom. The van der Waals surface area contributed by atoms with Gasteiger partial charge in [-0.05, 0) is 25.1 Å². The summed E-state index contributed by atoms with van der Waals surface area (Å²) in [6, 6.07) is 8.49. The van der Waals surface area contributed by atoms with E-state index in [9.17, 15) is 9.18 Å². The monoisotopic (exact) mass is 443 g/mol. The summed E-state index contributed by atoms with van der Waals surface area (Å²) in [5.41, 5.74) is 2.23. The lowest BCUT2D eigenvalue weighted by Gasteiger charge is -2.32. The van der Waals surface area contributed by atoms with E-state index in [4.69, 9.17) is 4.74 Å². The number of hydrogen-bond acceptors (Lipinski definition) is 6. The molecule has 1 aromatic carbocycles. The van der Waals surface area contributed by atoms with Crippen molar-refractivity contribution in [3.05, 3.63) is 65.9 Å². The van der Waals surface area contributed by atoms with E-state index in [0.717, 1.165) is 17.5 Å². The average Bonchev–Trinajstić information content (AvgIpc) is 3.34. The van der Waals surface area contributed by atoms with E-state index in [1.54, 1.807) is 24.2 Å². The Labute approximate surface area is 185 Å². The maximum atomic E-state index is 13.3. The van der Waals surface area contributed by atoms with Crippen LogP contribution in [0, 0.1) is 12.7 Å². The second kappa shape index (κ2) is 10.9. The molecule has 0 N–H and O–H groups in total. The molecule has 1 unspecified atom stereocenters. The number of carbonyl (C=O) groups excluding carboxylic acids is 1. The zero-order chi connectivity index (χ0) is 22.2. The summed E-state index contributed by atoms with van der Waals surface area (Å²) in [6.45, 7) is 7.57. The Morgan fingerprint density at radius 1 is 1.23 bits per heavy atom. The zero-order valence-corrected chi connectivity index (χ0v) is 18.7. The number of rotatable bonds is 5. The van der Waals surface area contributed by atoms with Gasteiger partial charge in [-0.15, -0.1) is 0 Å². The van der Waals surface area contributed by atoms with Gasteiger partial charge in [0.1, 0.15) is 12.4 Å². The molecule has 1 fully saturated rings. The van der Waals surface area contributed by atoms with Crippen molar-refractivity contribution in [2.45, 2.75) is 26.0 Å². The molecule has 9 heteroatoms. The van der Waals surface area contributed by atoms with Gasteiger partial charge in [0.15, 0.2) is 0 Å². The molecule has 0 saturated carbocycles. The van der Waals surface area contributed by atoms with Crippen molar-refractivity contribution in [1.29, 1.82) is 0 Å². The smallest absolute Gasteiger partial charge is 0.256 e. The Morgan fingerprint density at radius 3 is 2.71 bits per heavy atom. The summed E-state index contributed by atoms with van der Waals surface area (Å²) < 4.78 is 18.6. The van der Waals surface area contributed by atoms with E-state index in [1.165, 1.54) is 16.9 Å².